The van der Waals surface area contributed by atoms with Gasteiger partial charge in [0.25, 0.3) is 0 Å². The predicted molar refractivity (Wildman–Crippen MR) is 259 cm³/mol. The van der Waals surface area contributed by atoms with Crippen LogP contribution in [-0.2, 0) is 0 Å². The summed E-state index contributed by atoms with van der Waals surface area (Å²) in [6, 6.07) is 70.0. The number of rotatable bonds is 7. The van der Waals surface area contributed by atoms with E-state index < -0.39 is 0 Å². The zero-order chi connectivity index (χ0) is 42.6. The molecule has 1 aliphatic heterocycles. The molecule has 8 aromatic carbocycles. The minimum absolute atomic E-state index is 0.183. The third kappa shape index (κ3) is 6.30. The van der Waals surface area contributed by atoms with Gasteiger partial charge in [0.2, 0.25) is 0 Å². The lowest BCUT2D eigenvalue weighted by molar-refractivity contribution is 0.820. The molecule has 0 spiro atoms. The summed E-state index contributed by atoms with van der Waals surface area (Å²) in [7, 11) is 0. The predicted octanol–water partition coefficient (Wildman–Crippen LogP) is 14.3. The van der Waals surface area contributed by atoms with Gasteiger partial charge >= 0.3 is 0 Å². The Hall–Kier alpha value is -8.66. The van der Waals surface area contributed by atoms with Crippen LogP contribution in [0.15, 0.2) is 218 Å². The van der Waals surface area contributed by atoms with Gasteiger partial charge in [0.1, 0.15) is 0 Å². The first-order valence-electron chi connectivity index (χ1n) is 21.6. The molecule has 10 aromatic rings. The summed E-state index contributed by atoms with van der Waals surface area (Å²) < 4.78 is 2.35. The standard InChI is InChI=1S/C58H38N6/c59-37-44-25-24-43(58-61-56(39-14-4-1-5-15-39)60-57(62-58)40-16-6-2-7-17-40)36-49(44)42-29-33-55-51(35-42)48-21-11-13-23-53(48)64(55)46-30-26-38(27-31-46)41-28-32-54-50(34-41)47-20-10-12-22-52(47)63(54)45-18-8-3-9-19-45/h1-20,22-36,48H,21H2. The number of aromatic nitrogens is 4. The molecule has 6 nitrogen and oxygen atoms in total. The highest BCUT2D eigenvalue weighted by molar-refractivity contribution is 6.10. The van der Waals surface area contributed by atoms with Crippen LogP contribution in [0.25, 0.3) is 83.9 Å². The SMILES string of the molecule is N#Cc1ccc(-c2nc(-c3ccccc3)nc(-c3ccccc3)n2)cc1-c1ccc2c(c1)C1CC=CC=C1N2c1ccc(-c2ccc3c(c2)c2ccccc2n3-c2ccccc2)cc1. The van der Waals surface area contributed by atoms with Crippen molar-refractivity contribution in [2.45, 2.75) is 12.3 Å². The Morgan fingerprint density at radius 2 is 1.09 bits per heavy atom. The molecule has 3 heterocycles. The van der Waals surface area contributed by atoms with Gasteiger partial charge in [-0.2, -0.15) is 5.26 Å². The quantitative estimate of drug-likeness (QED) is 0.160. The molecule has 64 heavy (non-hydrogen) atoms. The first kappa shape index (κ1) is 37.1. The van der Waals surface area contributed by atoms with Gasteiger partial charge < -0.3 is 9.47 Å². The van der Waals surface area contributed by atoms with Gasteiger partial charge in [-0.15, -0.1) is 0 Å². The number of benzene rings is 8. The Morgan fingerprint density at radius 3 is 1.81 bits per heavy atom. The van der Waals surface area contributed by atoms with Crippen LogP contribution in [0.3, 0.4) is 0 Å². The molecule has 0 saturated heterocycles. The number of anilines is 2. The van der Waals surface area contributed by atoms with Crippen molar-refractivity contribution in [1.29, 1.82) is 5.26 Å². The number of allylic oxidation sites excluding steroid dienone is 4. The second-order valence-electron chi connectivity index (χ2n) is 16.3. The van der Waals surface area contributed by atoms with E-state index in [0.29, 0.717) is 23.0 Å². The van der Waals surface area contributed by atoms with E-state index in [0.717, 1.165) is 51.3 Å². The highest BCUT2D eigenvalue weighted by Gasteiger charge is 2.35. The third-order valence-corrected chi connectivity index (χ3v) is 12.6. The van der Waals surface area contributed by atoms with Crippen molar-refractivity contribution in [1.82, 2.24) is 19.5 Å². The second-order valence-corrected chi connectivity index (χ2v) is 16.3. The molecular formula is C58H38N6. The molecule has 0 bridgehead atoms. The van der Waals surface area contributed by atoms with Gasteiger partial charge in [0.15, 0.2) is 17.5 Å². The van der Waals surface area contributed by atoms with Crippen molar-refractivity contribution in [2.24, 2.45) is 0 Å². The van der Waals surface area contributed by atoms with Crippen molar-refractivity contribution in [2.75, 3.05) is 4.90 Å². The van der Waals surface area contributed by atoms with Crippen LogP contribution in [0.5, 0.6) is 0 Å². The molecule has 2 aromatic heterocycles. The Labute approximate surface area is 371 Å². The summed E-state index contributed by atoms with van der Waals surface area (Å²) >= 11 is 0. The number of nitrogens with zero attached hydrogens (tertiary/aromatic N) is 6. The molecule has 1 unspecified atom stereocenters. The Morgan fingerprint density at radius 1 is 0.484 bits per heavy atom. The lowest BCUT2D eigenvalue weighted by Gasteiger charge is -2.24. The highest BCUT2D eigenvalue weighted by atomic mass is 15.2. The van der Waals surface area contributed by atoms with Crippen molar-refractivity contribution < 1.29 is 0 Å². The fourth-order valence-corrected chi connectivity index (χ4v) is 9.53. The van der Waals surface area contributed by atoms with Crippen LogP contribution in [0.2, 0.25) is 0 Å². The molecule has 0 radical (unpaired) electrons. The lowest BCUT2D eigenvalue weighted by atomic mass is 9.89. The smallest absolute Gasteiger partial charge is 0.164 e. The monoisotopic (exact) mass is 818 g/mol. The summed E-state index contributed by atoms with van der Waals surface area (Å²) in [5.74, 6) is 1.93. The maximum atomic E-state index is 10.4. The first-order chi connectivity index (χ1) is 31.7. The van der Waals surface area contributed by atoms with Crippen LogP contribution in [0.1, 0.15) is 23.5 Å². The van der Waals surface area contributed by atoms with Gasteiger partial charge in [-0.3, -0.25) is 0 Å². The first-order valence-corrected chi connectivity index (χ1v) is 21.6. The van der Waals surface area contributed by atoms with E-state index in [2.05, 4.69) is 155 Å². The van der Waals surface area contributed by atoms with Gasteiger partial charge in [-0.1, -0.05) is 133 Å². The third-order valence-electron chi connectivity index (χ3n) is 12.6. The topological polar surface area (TPSA) is 70.6 Å². The average molecular weight is 819 g/mol. The molecule has 0 saturated carbocycles. The largest absolute Gasteiger partial charge is 0.313 e. The van der Waals surface area contributed by atoms with Gasteiger partial charge in [0.05, 0.1) is 22.7 Å². The molecule has 300 valence electrons. The summed E-state index contributed by atoms with van der Waals surface area (Å²) in [6.45, 7) is 0. The van der Waals surface area contributed by atoms with Crippen molar-refractivity contribution >= 4 is 33.2 Å². The van der Waals surface area contributed by atoms with Crippen LogP contribution in [-0.4, -0.2) is 19.5 Å². The van der Waals surface area contributed by atoms with E-state index in [4.69, 9.17) is 15.0 Å². The summed E-state index contributed by atoms with van der Waals surface area (Å²) in [5.41, 5.74) is 15.7. The van der Waals surface area contributed by atoms with E-state index in [1.165, 1.54) is 44.2 Å². The van der Waals surface area contributed by atoms with Crippen molar-refractivity contribution in [3.8, 4) is 68.2 Å². The minimum atomic E-state index is 0.183. The van der Waals surface area contributed by atoms with E-state index in [9.17, 15) is 5.26 Å². The maximum absolute atomic E-state index is 10.4. The van der Waals surface area contributed by atoms with E-state index in [1.54, 1.807) is 0 Å². The normalized spacial score (nSPS) is 14.0. The van der Waals surface area contributed by atoms with E-state index in [-0.39, 0.29) is 5.92 Å². The summed E-state index contributed by atoms with van der Waals surface area (Å²) in [6.07, 6.45) is 7.56. The average Bonchev–Trinajstić information content (AvgIpc) is 3.89. The fraction of sp³-hybridized carbons (Fsp3) is 0.0345. The molecule has 6 heteroatoms. The molecule has 1 atom stereocenters. The number of hydrogen-bond donors (Lipinski definition) is 0. The number of fused-ring (bicyclic) bond motifs is 6. The van der Waals surface area contributed by atoms with Crippen LogP contribution >= 0.6 is 0 Å². The van der Waals surface area contributed by atoms with Crippen LogP contribution in [0.4, 0.5) is 11.4 Å². The molecule has 2 aliphatic rings. The Balaban J connectivity index is 0.905. The fourth-order valence-electron chi connectivity index (χ4n) is 9.53. The molecule has 1 aliphatic carbocycles. The van der Waals surface area contributed by atoms with Gasteiger partial charge in [-0.05, 0) is 108 Å². The molecular weight excluding hydrogens is 781 g/mol. The molecule has 12 rings (SSSR count). The van der Waals surface area contributed by atoms with Crippen LogP contribution < -0.4 is 4.90 Å². The van der Waals surface area contributed by atoms with Gasteiger partial charge in [-0.25, -0.2) is 15.0 Å². The summed E-state index contributed by atoms with van der Waals surface area (Å²) in [5, 5.41) is 12.9. The van der Waals surface area contributed by atoms with E-state index >= 15 is 0 Å². The second kappa shape index (κ2) is 15.4. The zero-order valence-corrected chi connectivity index (χ0v) is 34.7. The Kier molecular flexibility index (Phi) is 8.91. The number of nitriles is 1. The van der Waals surface area contributed by atoms with E-state index in [1.807, 2.05) is 72.8 Å². The molecule has 0 amide bonds. The van der Waals surface area contributed by atoms with Gasteiger partial charge in [0, 0.05) is 61.7 Å². The minimum Gasteiger partial charge on any atom is -0.313 e. The molecule has 0 fully saturated rings. The maximum Gasteiger partial charge on any atom is 0.164 e. The van der Waals surface area contributed by atoms with Crippen molar-refractivity contribution in [3.63, 3.8) is 0 Å². The van der Waals surface area contributed by atoms with Crippen LogP contribution in [0, 0.1) is 11.3 Å². The molecule has 0 N–H and O–H groups in total. The van der Waals surface area contributed by atoms with Crippen molar-refractivity contribution in [3.05, 3.63) is 229 Å². The zero-order valence-electron chi connectivity index (χ0n) is 34.7. The lowest BCUT2D eigenvalue weighted by Crippen LogP contribution is -2.14. The summed E-state index contributed by atoms with van der Waals surface area (Å²) in [4.78, 5) is 17.2. The Bertz CT molecular complexity index is 3470. The highest BCUT2D eigenvalue weighted by Crippen LogP contribution is 2.52. The number of hydrogen-bond acceptors (Lipinski definition) is 5. The number of para-hydroxylation sites is 2.